The van der Waals surface area contributed by atoms with Crippen molar-refractivity contribution in [3.63, 3.8) is 0 Å². The number of benzene rings is 2. The van der Waals surface area contributed by atoms with E-state index in [-0.39, 0.29) is 29.5 Å². The molecule has 1 atom stereocenters. The molecule has 26 heavy (non-hydrogen) atoms. The summed E-state index contributed by atoms with van der Waals surface area (Å²) in [6.45, 7) is 0.295. The van der Waals surface area contributed by atoms with Gasteiger partial charge in [-0.15, -0.1) is 0 Å². The van der Waals surface area contributed by atoms with E-state index in [1.807, 2.05) is 42.5 Å². The summed E-state index contributed by atoms with van der Waals surface area (Å²) < 4.78 is 0. The quantitative estimate of drug-likeness (QED) is 0.764. The van der Waals surface area contributed by atoms with Gasteiger partial charge in [-0.3, -0.25) is 14.4 Å². The minimum atomic E-state index is -0.499. The molecule has 6 heteroatoms. The first-order valence-corrected chi connectivity index (χ1v) is 8.40. The highest BCUT2D eigenvalue weighted by Gasteiger charge is 2.35. The van der Waals surface area contributed by atoms with E-state index in [1.54, 1.807) is 11.0 Å². The van der Waals surface area contributed by atoms with E-state index in [0.717, 1.165) is 16.5 Å². The fraction of sp³-hybridized carbons (Fsp3) is 0.150. The number of carbonyl (C=O) groups is 2. The minimum Gasteiger partial charge on any atom is -0.327 e. The molecule has 1 aliphatic heterocycles. The first-order chi connectivity index (χ1) is 12.6. The number of H-pyrrole nitrogens is 1. The molecular formula is C20H17N3O3. The number of pyridine rings is 1. The third-order valence-electron chi connectivity index (χ3n) is 4.63. The second kappa shape index (κ2) is 6.48. The maximum Gasteiger partial charge on any atom is 0.271 e. The molecule has 3 aromatic rings. The number of rotatable bonds is 3. The number of nitrogens with zero attached hydrogens (tertiary/aromatic N) is 1. The van der Waals surface area contributed by atoms with Crippen molar-refractivity contribution in [3.8, 4) is 0 Å². The summed E-state index contributed by atoms with van der Waals surface area (Å²) >= 11 is 0. The second-order valence-corrected chi connectivity index (χ2v) is 6.31. The highest BCUT2D eigenvalue weighted by Crippen LogP contribution is 2.31. The molecule has 0 saturated carbocycles. The zero-order valence-corrected chi connectivity index (χ0v) is 13.9. The number of carbonyl (C=O) groups excluding carboxylic acids is 2. The van der Waals surface area contributed by atoms with E-state index >= 15 is 0 Å². The van der Waals surface area contributed by atoms with Gasteiger partial charge in [0.25, 0.3) is 5.56 Å². The number of amides is 2. The molecule has 0 spiro atoms. The highest BCUT2D eigenvalue weighted by molar-refractivity contribution is 6.08. The lowest BCUT2D eigenvalue weighted by molar-refractivity contribution is -0.122. The van der Waals surface area contributed by atoms with Gasteiger partial charge < -0.3 is 15.2 Å². The van der Waals surface area contributed by atoms with Gasteiger partial charge in [-0.1, -0.05) is 36.4 Å². The molecular weight excluding hydrogens is 330 g/mol. The topological polar surface area (TPSA) is 82.3 Å². The SMILES string of the molecule is O=C(Nc1ccc[nH]c1=O)[C@@H]1CC(=O)N(c2cccc3ccccc23)C1. The maximum absolute atomic E-state index is 12.5. The molecule has 2 N–H and O–H groups in total. The van der Waals surface area contributed by atoms with Crippen LogP contribution in [0.2, 0.25) is 0 Å². The summed E-state index contributed by atoms with van der Waals surface area (Å²) in [5, 5.41) is 4.64. The smallest absolute Gasteiger partial charge is 0.271 e. The van der Waals surface area contributed by atoms with Crippen molar-refractivity contribution in [1.29, 1.82) is 0 Å². The zero-order chi connectivity index (χ0) is 18.1. The van der Waals surface area contributed by atoms with Gasteiger partial charge in [-0.05, 0) is 23.6 Å². The van der Waals surface area contributed by atoms with Gasteiger partial charge in [0.1, 0.15) is 5.69 Å². The maximum atomic E-state index is 12.5. The Balaban J connectivity index is 1.58. The number of aromatic nitrogens is 1. The Bertz CT molecular complexity index is 1050. The highest BCUT2D eigenvalue weighted by atomic mass is 16.2. The Morgan fingerprint density at radius 2 is 1.85 bits per heavy atom. The molecule has 6 nitrogen and oxygen atoms in total. The molecule has 2 aromatic carbocycles. The summed E-state index contributed by atoms with van der Waals surface area (Å²) in [6.07, 6.45) is 1.62. The molecule has 0 radical (unpaired) electrons. The van der Waals surface area contributed by atoms with Crippen molar-refractivity contribution in [2.75, 3.05) is 16.8 Å². The van der Waals surface area contributed by atoms with Crippen molar-refractivity contribution < 1.29 is 9.59 Å². The van der Waals surface area contributed by atoms with Crippen LogP contribution in [0.5, 0.6) is 0 Å². The van der Waals surface area contributed by atoms with Crippen LogP contribution in [0.15, 0.2) is 65.6 Å². The van der Waals surface area contributed by atoms with Gasteiger partial charge in [0.05, 0.1) is 11.6 Å². The number of anilines is 2. The molecule has 2 heterocycles. The van der Waals surface area contributed by atoms with E-state index in [2.05, 4.69) is 10.3 Å². The van der Waals surface area contributed by atoms with E-state index < -0.39 is 5.92 Å². The van der Waals surface area contributed by atoms with Crippen LogP contribution in [-0.2, 0) is 9.59 Å². The molecule has 0 bridgehead atoms. The summed E-state index contributed by atoms with van der Waals surface area (Å²) in [7, 11) is 0. The number of hydrogen-bond donors (Lipinski definition) is 2. The summed E-state index contributed by atoms with van der Waals surface area (Å²) in [5.74, 6) is -0.915. The van der Waals surface area contributed by atoms with Crippen molar-refractivity contribution in [1.82, 2.24) is 4.98 Å². The van der Waals surface area contributed by atoms with Gasteiger partial charge in [0, 0.05) is 24.5 Å². The molecule has 0 unspecified atom stereocenters. The Morgan fingerprint density at radius 3 is 2.69 bits per heavy atom. The predicted octanol–water partition coefficient (Wildman–Crippen LogP) is 2.52. The normalized spacial score (nSPS) is 16.8. The third-order valence-corrected chi connectivity index (χ3v) is 4.63. The molecule has 1 aliphatic rings. The lowest BCUT2D eigenvalue weighted by atomic mass is 10.1. The number of aromatic amines is 1. The fourth-order valence-electron chi connectivity index (χ4n) is 3.31. The van der Waals surface area contributed by atoms with Crippen molar-refractivity contribution in [2.45, 2.75) is 6.42 Å². The average Bonchev–Trinajstić information content (AvgIpc) is 3.05. The predicted molar refractivity (Wildman–Crippen MR) is 100 cm³/mol. The molecule has 2 amide bonds. The minimum absolute atomic E-state index is 0.0940. The van der Waals surface area contributed by atoms with E-state index in [1.165, 1.54) is 12.3 Å². The van der Waals surface area contributed by atoms with E-state index in [0.29, 0.717) is 6.54 Å². The van der Waals surface area contributed by atoms with Gasteiger partial charge in [-0.2, -0.15) is 0 Å². The van der Waals surface area contributed by atoms with Gasteiger partial charge >= 0.3 is 0 Å². The Labute approximate surface area is 149 Å². The number of hydrogen-bond acceptors (Lipinski definition) is 3. The lowest BCUT2D eigenvalue weighted by Gasteiger charge is -2.19. The molecule has 130 valence electrons. The summed E-state index contributed by atoms with van der Waals surface area (Å²) in [5.41, 5.74) is 0.630. The van der Waals surface area contributed by atoms with Gasteiger partial charge in [0.15, 0.2) is 0 Å². The second-order valence-electron chi connectivity index (χ2n) is 6.31. The van der Waals surface area contributed by atoms with Crippen LogP contribution >= 0.6 is 0 Å². The van der Waals surface area contributed by atoms with Crippen LogP contribution in [-0.4, -0.2) is 23.3 Å². The zero-order valence-electron chi connectivity index (χ0n) is 13.9. The lowest BCUT2D eigenvalue weighted by Crippen LogP contribution is -2.29. The monoisotopic (exact) mass is 347 g/mol. The molecule has 0 aliphatic carbocycles. The Hall–Kier alpha value is -3.41. The van der Waals surface area contributed by atoms with Crippen LogP contribution in [0.4, 0.5) is 11.4 Å². The largest absolute Gasteiger partial charge is 0.327 e. The fourth-order valence-corrected chi connectivity index (χ4v) is 3.31. The van der Waals surface area contributed by atoms with Crippen molar-refractivity contribution >= 4 is 34.0 Å². The summed E-state index contributed by atoms with van der Waals surface area (Å²) in [4.78, 5) is 40.9. The Kier molecular flexibility index (Phi) is 4.01. The van der Waals surface area contributed by atoms with Crippen LogP contribution in [0, 0.1) is 5.92 Å². The third kappa shape index (κ3) is 2.86. The van der Waals surface area contributed by atoms with Crippen LogP contribution in [0.3, 0.4) is 0 Å². The van der Waals surface area contributed by atoms with E-state index in [9.17, 15) is 14.4 Å². The standard InChI is InChI=1S/C20H17N3O3/c24-18-11-14(19(25)22-16-8-4-10-21-20(16)26)12-23(18)17-9-3-6-13-5-1-2-7-15(13)17/h1-10,14H,11-12H2,(H,21,26)(H,22,25)/t14-/m1/s1. The Morgan fingerprint density at radius 1 is 1.04 bits per heavy atom. The van der Waals surface area contributed by atoms with Crippen molar-refractivity contribution in [3.05, 3.63) is 71.1 Å². The van der Waals surface area contributed by atoms with Gasteiger partial charge in [0.2, 0.25) is 11.8 Å². The molecule has 1 aromatic heterocycles. The molecule has 1 saturated heterocycles. The van der Waals surface area contributed by atoms with Crippen LogP contribution in [0.25, 0.3) is 10.8 Å². The van der Waals surface area contributed by atoms with Crippen molar-refractivity contribution in [2.24, 2.45) is 5.92 Å². The van der Waals surface area contributed by atoms with E-state index in [4.69, 9.17) is 0 Å². The van der Waals surface area contributed by atoms with Crippen LogP contribution < -0.4 is 15.8 Å². The van der Waals surface area contributed by atoms with Crippen LogP contribution in [0.1, 0.15) is 6.42 Å². The number of nitrogens with one attached hydrogen (secondary N) is 2. The first kappa shape index (κ1) is 16.1. The summed E-state index contributed by atoms with van der Waals surface area (Å²) in [6, 6.07) is 16.8. The number of fused-ring (bicyclic) bond motifs is 1. The van der Waals surface area contributed by atoms with Gasteiger partial charge in [-0.25, -0.2) is 0 Å². The molecule has 1 fully saturated rings. The average molecular weight is 347 g/mol. The molecule has 4 rings (SSSR count). The first-order valence-electron chi connectivity index (χ1n) is 8.40.